The average molecular weight is 494 g/mol. The summed E-state index contributed by atoms with van der Waals surface area (Å²) in [7, 11) is 0. The van der Waals surface area contributed by atoms with Gasteiger partial charge in [-0.15, -0.1) is 35.3 Å². The fourth-order valence-corrected chi connectivity index (χ4v) is 4.24. The van der Waals surface area contributed by atoms with Crippen LogP contribution in [0.15, 0.2) is 11.2 Å². The lowest BCUT2D eigenvalue weighted by molar-refractivity contribution is 0.0483. The summed E-state index contributed by atoms with van der Waals surface area (Å²) in [6, 6.07) is 0. The van der Waals surface area contributed by atoms with Crippen LogP contribution in [0.5, 0.6) is 0 Å². The molecule has 150 valence electrons. The SMILES string of the molecule is CCNC(=NCc1ncc(C)s1)NCC(C)(C)N1CC(C)CC(C)C1.I. The zero-order chi connectivity index (χ0) is 18.4. The van der Waals surface area contributed by atoms with Gasteiger partial charge in [0.25, 0.3) is 0 Å². The van der Waals surface area contributed by atoms with Crippen molar-refractivity contribution in [2.45, 2.75) is 60.0 Å². The molecular formula is C19H36IN5S. The molecule has 1 aliphatic heterocycles. The molecular weight excluding hydrogens is 457 g/mol. The van der Waals surface area contributed by atoms with Crippen molar-refractivity contribution in [1.82, 2.24) is 20.5 Å². The van der Waals surface area contributed by atoms with E-state index >= 15 is 0 Å². The molecule has 26 heavy (non-hydrogen) atoms. The summed E-state index contributed by atoms with van der Waals surface area (Å²) in [6.07, 6.45) is 3.26. The van der Waals surface area contributed by atoms with Crippen LogP contribution < -0.4 is 10.6 Å². The molecule has 0 aromatic carbocycles. The maximum atomic E-state index is 4.70. The zero-order valence-corrected chi connectivity index (χ0v) is 20.3. The Labute approximate surface area is 180 Å². The number of hydrogen-bond donors (Lipinski definition) is 2. The van der Waals surface area contributed by atoms with Crippen LogP contribution in [0, 0.1) is 18.8 Å². The van der Waals surface area contributed by atoms with E-state index in [1.165, 1.54) is 24.4 Å². The summed E-state index contributed by atoms with van der Waals surface area (Å²) in [5.74, 6) is 2.43. The average Bonchev–Trinajstić information content (AvgIpc) is 2.95. The van der Waals surface area contributed by atoms with E-state index in [1.54, 1.807) is 11.3 Å². The van der Waals surface area contributed by atoms with Crippen LogP contribution >= 0.6 is 35.3 Å². The Morgan fingerprint density at radius 2 is 1.96 bits per heavy atom. The first-order valence-corrected chi connectivity index (χ1v) is 10.3. The van der Waals surface area contributed by atoms with Gasteiger partial charge >= 0.3 is 0 Å². The predicted molar refractivity (Wildman–Crippen MR) is 124 cm³/mol. The summed E-state index contributed by atoms with van der Waals surface area (Å²) in [4.78, 5) is 13.0. The maximum absolute atomic E-state index is 4.70. The summed E-state index contributed by atoms with van der Waals surface area (Å²) in [6.45, 7) is 18.3. The molecule has 1 aromatic heterocycles. The van der Waals surface area contributed by atoms with Crippen molar-refractivity contribution < 1.29 is 0 Å². The molecule has 2 heterocycles. The number of nitrogens with one attached hydrogen (secondary N) is 2. The molecule has 0 saturated carbocycles. The minimum atomic E-state index is 0. The zero-order valence-electron chi connectivity index (χ0n) is 17.1. The summed E-state index contributed by atoms with van der Waals surface area (Å²) in [5, 5.41) is 7.95. The van der Waals surface area contributed by atoms with Crippen LogP contribution in [0.2, 0.25) is 0 Å². The first-order chi connectivity index (χ1) is 11.8. The number of nitrogens with zero attached hydrogens (tertiary/aromatic N) is 3. The minimum Gasteiger partial charge on any atom is -0.357 e. The van der Waals surface area contributed by atoms with Crippen molar-refractivity contribution in [3.8, 4) is 0 Å². The van der Waals surface area contributed by atoms with Gasteiger partial charge < -0.3 is 10.6 Å². The molecule has 1 fully saturated rings. The van der Waals surface area contributed by atoms with Crippen LogP contribution in [-0.4, -0.2) is 47.6 Å². The highest BCUT2D eigenvalue weighted by atomic mass is 127. The van der Waals surface area contributed by atoms with Gasteiger partial charge in [0, 0.05) is 42.8 Å². The first kappa shape index (κ1) is 23.6. The molecule has 0 amide bonds. The minimum absolute atomic E-state index is 0. The topological polar surface area (TPSA) is 52.6 Å². The number of hydrogen-bond acceptors (Lipinski definition) is 4. The molecule has 2 atom stereocenters. The van der Waals surface area contributed by atoms with Gasteiger partial charge in [0.2, 0.25) is 0 Å². The van der Waals surface area contributed by atoms with Gasteiger partial charge in [-0.25, -0.2) is 9.98 Å². The Morgan fingerprint density at radius 1 is 1.31 bits per heavy atom. The van der Waals surface area contributed by atoms with Gasteiger partial charge in [0.15, 0.2) is 5.96 Å². The van der Waals surface area contributed by atoms with Crippen molar-refractivity contribution in [3.63, 3.8) is 0 Å². The van der Waals surface area contributed by atoms with E-state index in [1.807, 2.05) is 6.20 Å². The van der Waals surface area contributed by atoms with Crippen molar-refractivity contribution in [3.05, 3.63) is 16.1 Å². The predicted octanol–water partition coefficient (Wildman–Crippen LogP) is 3.88. The second kappa shape index (κ2) is 10.8. The Balaban J connectivity index is 0.00000338. The normalized spacial score (nSPS) is 22.0. The lowest BCUT2D eigenvalue weighted by Gasteiger charge is -2.45. The third kappa shape index (κ3) is 7.31. The van der Waals surface area contributed by atoms with Crippen LogP contribution in [-0.2, 0) is 6.54 Å². The standard InChI is InChI=1S/C19H35N5S.HI/c1-7-20-18(22-10-17-21-9-16(4)25-17)23-13-19(5,6)24-11-14(2)8-15(3)12-24;/h9,14-15H,7-8,10-13H2,1-6H3,(H2,20,22,23);1H. The maximum Gasteiger partial charge on any atom is 0.191 e. The fraction of sp³-hybridized carbons (Fsp3) is 0.789. The van der Waals surface area contributed by atoms with Gasteiger partial charge in [0.05, 0.1) is 6.54 Å². The third-order valence-electron chi connectivity index (χ3n) is 4.80. The van der Waals surface area contributed by atoms with E-state index in [0.29, 0.717) is 6.54 Å². The Hall–Kier alpha value is -0.410. The number of aliphatic imine (C=N–C) groups is 1. The molecule has 1 aliphatic rings. The van der Waals surface area contributed by atoms with Crippen LogP contribution in [0.25, 0.3) is 0 Å². The number of aryl methyl sites for hydroxylation is 1. The summed E-state index contributed by atoms with van der Waals surface area (Å²) < 4.78 is 0. The third-order valence-corrected chi connectivity index (χ3v) is 5.70. The summed E-state index contributed by atoms with van der Waals surface area (Å²) in [5.41, 5.74) is 0.108. The Kier molecular flexibility index (Phi) is 9.82. The monoisotopic (exact) mass is 493 g/mol. The molecule has 1 aromatic rings. The van der Waals surface area contributed by atoms with E-state index in [-0.39, 0.29) is 29.5 Å². The van der Waals surface area contributed by atoms with Gasteiger partial charge in [-0.3, -0.25) is 4.90 Å². The smallest absolute Gasteiger partial charge is 0.191 e. The molecule has 7 heteroatoms. The molecule has 0 radical (unpaired) electrons. The molecule has 5 nitrogen and oxygen atoms in total. The number of likely N-dealkylation sites (tertiary alicyclic amines) is 1. The largest absolute Gasteiger partial charge is 0.357 e. The molecule has 2 N–H and O–H groups in total. The van der Waals surface area contributed by atoms with Crippen LogP contribution in [0.1, 0.15) is 50.9 Å². The number of thiazole rings is 1. The fourth-order valence-electron chi connectivity index (χ4n) is 3.53. The lowest BCUT2D eigenvalue weighted by atomic mass is 9.88. The van der Waals surface area contributed by atoms with Crippen LogP contribution in [0.4, 0.5) is 0 Å². The van der Waals surface area contributed by atoms with Crippen molar-refractivity contribution in [2.75, 3.05) is 26.2 Å². The van der Waals surface area contributed by atoms with Crippen molar-refractivity contribution in [2.24, 2.45) is 16.8 Å². The molecule has 1 saturated heterocycles. The van der Waals surface area contributed by atoms with Gasteiger partial charge in [0.1, 0.15) is 5.01 Å². The molecule has 2 unspecified atom stereocenters. The van der Waals surface area contributed by atoms with E-state index in [9.17, 15) is 0 Å². The lowest BCUT2D eigenvalue weighted by Crippen LogP contribution is -2.57. The summed E-state index contributed by atoms with van der Waals surface area (Å²) >= 11 is 1.71. The van der Waals surface area contributed by atoms with E-state index in [2.05, 4.69) is 62.1 Å². The van der Waals surface area contributed by atoms with E-state index < -0.39 is 0 Å². The highest BCUT2D eigenvalue weighted by molar-refractivity contribution is 14.0. The number of guanidine groups is 1. The van der Waals surface area contributed by atoms with Gasteiger partial charge in [-0.2, -0.15) is 0 Å². The quantitative estimate of drug-likeness (QED) is 0.359. The second-order valence-corrected chi connectivity index (χ2v) is 9.40. The van der Waals surface area contributed by atoms with Crippen molar-refractivity contribution >= 4 is 41.3 Å². The number of piperidine rings is 1. The number of aromatic nitrogens is 1. The van der Waals surface area contributed by atoms with E-state index in [4.69, 9.17) is 4.99 Å². The highest BCUT2D eigenvalue weighted by Gasteiger charge is 2.32. The molecule has 0 bridgehead atoms. The van der Waals surface area contributed by atoms with Crippen LogP contribution in [0.3, 0.4) is 0 Å². The molecule has 0 spiro atoms. The van der Waals surface area contributed by atoms with Gasteiger partial charge in [-0.05, 0) is 46.0 Å². The molecule has 2 rings (SSSR count). The number of halogens is 1. The molecule has 0 aliphatic carbocycles. The highest BCUT2D eigenvalue weighted by Crippen LogP contribution is 2.26. The Bertz CT molecular complexity index is 562. The Morgan fingerprint density at radius 3 is 2.50 bits per heavy atom. The first-order valence-electron chi connectivity index (χ1n) is 9.48. The van der Waals surface area contributed by atoms with E-state index in [0.717, 1.165) is 35.9 Å². The second-order valence-electron chi connectivity index (χ2n) is 8.08. The van der Waals surface area contributed by atoms with Crippen molar-refractivity contribution in [1.29, 1.82) is 0 Å². The number of rotatable bonds is 6. The van der Waals surface area contributed by atoms with Gasteiger partial charge in [-0.1, -0.05) is 13.8 Å².